The van der Waals surface area contributed by atoms with Crippen molar-refractivity contribution in [3.05, 3.63) is 78.1 Å². The lowest BCUT2D eigenvalue weighted by Crippen LogP contribution is -2.27. The van der Waals surface area contributed by atoms with E-state index in [4.69, 9.17) is 0 Å². The third-order valence-electron chi connectivity index (χ3n) is 3.56. The van der Waals surface area contributed by atoms with Crippen molar-refractivity contribution >= 4 is 11.6 Å². The zero-order chi connectivity index (χ0) is 15.5. The molecule has 0 aliphatic rings. The van der Waals surface area contributed by atoms with Gasteiger partial charge in [0.1, 0.15) is 5.69 Å². The number of H-pyrrole nitrogens is 1. The van der Waals surface area contributed by atoms with E-state index in [0.29, 0.717) is 16.4 Å². The summed E-state index contributed by atoms with van der Waals surface area (Å²) < 4.78 is 0. The second-order valence-electron chi connectivity index (χ2n) is 5.07. The second-order valence-corrected chi connectivity index (χ2v) is 5.07. The van der Waals surface area contributed by atoms with Gasteiger partial charge >= 0.3 is 0 Å². The molecule has 2 N–H and O–H groups in total. The van der Waals surface area contributed by atoms with Gasteiger partial charge in [0.25, 0.3) is 5.91 Å². The number of aromatic nitrogens is 1. The number of amides is 1. The van der Waals surface area contributed by atoms with Crippen molar-refractivity contribution in [2.75, 3.05) is 5.06 Å². The normalized spacial score (nSPS) is 10.5. The van der Waals surface area contributed by atoms with Crippen LogP contribution in [-0.4, -0.2) is 16.1 Å². The maximum atomic E-state index is 12.3. The number of hydroxylamine groups is 1. The van der Waals surface area contributed by atoms with Crippen LogP contribution in [0, 0.1) is 6.92 Å². The van der Waals surface area contributed by atoms with Crippen molar-refractivity contribution in [3.63, 3.8) is 0 Å². The summed E-state index contributed by atoms with van der Waals surface area (Å²) in [4.78, 5) is 15.3. The number of nitrogens with zero attached hydrogens (tertiary/aromatic N) is 1. The van der Waals surface area contributed by atoms with Gasteiger partial charge in [0, 0.05) is 11.8 Å². The Morgan fingerprint density at radius 3 is 2.45 bits per heavy atom. The Kier molecular flexibility index (Phi) is 3.76. The highest BCUT2D eigenvalue weighted by atomic mass is 16.5. The summed E-state index contributed by atoms with van der Waals surface area (Å²) in [6.07, 6.45) is 1.77. The highest BCUT2D eigenvalue weighted by Crippen LogP contribution is 2.24. The van der Waals surface area contributed by atoms with E-state index in [9.17, 15) is 10.0 Å². The predicted octanol–water partition coefficient (Wildman–Crippen LogP) is 4.03. The van der Waals surface area contributed by atoms with Gasteiger partial charge in [0.15, 0.2) is 0 Å². The quantitative estimate of drug-likeness (QED) is 0.565. The van der Waals surface area contributed by atoms with Crippen LogP contribution in [0.25, 0.3) is 11.1 Å². The minimum absolute atomic E-state index is 0.338. The van der Waals surface area contributed by atoms with Crippen LogP contribution >= 0.6 is 0 Å². The molecule has 0 aliphatic carbocycles. The molecule has 0 spiro atoms. The van der Waals surface area contributed by atoms with Crippen LogP contribution in [0.1, 0.15) is 16.1 Å². The van der Waals surface area contributed by atoms with Gasteiger partial charge < -0.3 is 4.98 Å². The molecular formula is C18H16N2O2. The summed E-state index contributed by atoms with van der Waals surface area (Å²) in [5, 5.41) is 10.7. The van der Waals surface area contributed by atoms with Crippen LogP contribution in [0.2, 0.25) is 0 Å². The second kappa shape index (κ2) is 5.87. The van der Waals surface area contributed by atoms with Crippen molar-refractivity contribution in [3.8, 4) is 11.1 Å². The molecular weight excluding hydrogens is 276 g/mol. The fourth-order valence-electron chi connectivity index (χ4n) is 2.37. The van der Waals surface area contributed by atoms with Crippen molar-refractivity contribution in [2.24, 2.45) is 0 Å². The summed E-state index contributed by atoms with van der Waals surface area (Å²) in [5.74, 6) is -0.494. The Labute approximate surface area is 128 Å². The smallest absolute Gasteiger partial charge is 0.298 e. The molecule has 4 heteroatoms. The largest absolute Gasteiger partial charge is 0.357 e. The molecule has 1 heterocycles. The van der Waals surface area contributed by atoms with Gasteiger partial charge in [-0.2, -0.15) is 5.06 Å². The summed E-state index contributed by atoms with van der Waals surface area (Å²) >= 11 is 0. The average Bonchev–Trinajstić information content (AvgIpc) is 3.04. The topological polar surface area (TPSA) is 56.3 Å². The third-order valence-corrected chi connectivity index (χ3v) is 3.56. The lowest BCUT2D eigenvalue weighted by atomic mass is 10.0. The molecule has 0 bridgehead atoms. The number of aryl methyl sites for hydroxylation is 1. The molecule has 0 saturated carbocycles. The number of hydrogen-bond acceptors (Lipinski definition) is 2. The number of hydrogen-bond donors (Lipinski definition) is 2. The fraction of sp³-hybridized carbons (Fsp3) is 0.0556. The highest BCUT2D eigenvalue weighted by Gasteiger charge is 2.17. The van der Waals surface area contributed by atoms with E-state index >= 15 is 0 Å². The summed E-state index contributed by atoms with van der Waals surface area (Å²) in [7, 11) is 0. The van der Waals surface area contributed by atoms with Gasteiger partial charge in [0.05, 0.1) is 5.69 Å². The van der Waals surface area contributed by atoms with Crippen molar-refractivity contribution in [2.45, 2.75) is 6.92 Å². The Bertz CT molecular complexity index is 794. The highest BCUT2D eigenvalue weighted by molar-refractivity contribution is 6.03. The average molecular weight is 292 g/mol. The lowest BCUT2D eigenvalue weighted by Gasteiger charge is -2.13. The van der Waals surface area contributed by atoms with E-state index in [1.165, 1.54) is 0 Å². The predicted molar refractivity (Wildman–Crippen MR) is 86.0 cm³/mol. The van der Waals surface area contributed by atoms with E-state index in [2.05, 4.69) is 4.98 Å². The van der Waals surface area contributed by atoms with Crippen LogP contribution in [0.15, 0.2) is 66.9 Å². The molecule has 3 aromatic rings. The number of nitrogens with one attached hydrogen (secondary N) is 1. The zero-order valence-corrected chi connectivity index (χ0v) is 12.2. The molecule has 0 unspecified atom stereocenters. The zero-order valence-electron chi connectivity index (χ0n) is 12.2. The van der Waals surface area contributed by atoms with Gasteiger partial charge in [0.2, 0.25) is 0 Å². The van der Waals surface area contributed by atoms with Crippen LogP contribution < -0.4 is 5.06 Å². The van der Waals surface area contributed by atoms with Crippen LogP contribution in [0.4, 0.5) is 5.69 Å². The molecule has 0 radical (unpaired) electrons. The standard InChI is InChI=1S/C18H16N2O2/c1-13-7-5-6-10-16(13)14-11-17(19-12-14)18(21)20(22)15-8-3-2-4-9-15/h2-12,19,22H,1H3. The van der Waals surface area contributed by atoms with Gasteiger partial charge in [-0.15, -0.1) is 0 Å². The van der Waals surface area contributed by atoms with Crippen molar-refractivity contribution in [1.82, 2.24) is 4.98 Å². The Balaban J connectivity index is 1.88. The SMILES string of the molecule is Cc1ccccc1-c1c[nH]c(C(=O)N(O)c2ccccc2)c1. The van der Waals surface area contributed by atoms with Crippen molar-refractivity contribution in [1.29, 1.82) is 0 Å². The monoisotopic (exact) mass is 292 g/mol. The van der Waals surface area contributed by atoms with Gasteiger partial charge in [-0.05, 0) is 36.2 Å². The minimum atomic E-state index is -0.494. The molecule has 22 heavy (non-hydrogen) atoms. The first-order valence-corrected chi connectivity index (χ1v) is 6.99. The van der Waals surface area contributed by atoms with Gasteiger partial charge in [-0.3, -0.25) is 10.0 Å². The van der Waals surface area contributed by atoms with E-state index in [1.807, 2.05) is 37.3 Å². The third kappa shape index (κ3) is 2.64. The molecule has 2 aromatic carbocycles. The molecule has 1 aromatic heterocycles. The molecule has 4 nitrogen and oxygen atoms in total. The van der Waals surface area contributed by atoms with Crippen molar-refractivity contribution < 1.29 is 10.0 Å². The Morgan fingerprint density at radius 1 is 1.05 bits per heavy atom. The van der Waals surface area contributed by atoms with E-state index in [-0.39, 0.29) is 0 Å². The first-order chi connectivity index (χ1) is 10.7. The molecule has 0 saturated heterocycles. The molecule has 0 fully saturated rings. The number of rotatable bonds is 3. The molecule has 0 aliphatic heterocycles. The number of para-hydroxylation sites is 1. The Morgan fingerprint density at radius 2 is 1.73 bits per heavy atom. The van der Waals surface area contributed by atoms with Gasteiger partial charge in [-0.1, -0.05) is 42.5 Å². The number of aromatic amines is 1. The molecule has 0 atom stereocenters. The number of carbonyl (C=O) groups excluding carboxylic acids is 1. The van der Waals surface area contributed by atoms with Gasteiger partial charge in [-0.25, -0.2) is 0 Å². The lowest BCUT2D eigenvalue weighted by molar-refractivity contribution is 0.0850. The summed E-state index contributed by atoms with van der Waals surface area (Å²) in [6.45, 7) is 2.02. The Hall–Kier alpha value is -2.85. The fourth-order valence-corrected chi connectivity index (χ4v) is 2.37. The van der Waals surface area contributed by atoms with E-state index in [0.717, 1.165) is 16.7 Å². The number of carbonyl (C=O) groups is 1. The molecule has 110 valence electrons. The minimum Gasteiger partial charge on any atom is -0.357 e. The number of benzene rings is 2. The summed E-state index contributed by atoms with van der Waals surface area (Å²) in [5.41, 5.74) is 3.87. The van der Waals surface area contributed by atoms with Crippen LogP contribution in [0.3, 0.4) is 0 Å². The first kappa shape index (κ1) is 14.1. The first-order valence-electron chi connectivity index (χ1n) is 6.99. The van der Waals surface area contributed by atoms with E-state index in [1.54, 1.807) is 36.5 Å². The maximum Gasteiger partial charge on any atom is 0.298 e. The number of anilines is 1. The van der Waals surface area contributed by atoms with Crippen LogP contribution in [-0.2, 0) is 0 Å². The maximum absolute atomic E-state index is 12.3. The molecule has 3 rings (SSSR count). The summed E-state index contributed by atoms with van der Waals surface area (Å²) in [6, 6.07) is 18.4. The van der Waals surface area contributed by atoms with E-state index < -0.39 is 5.91 Å². The van der Waals surface area contributed by atoms with Crippen LogP contribution in [0.5, 0.6) is 0 Å². The molecule has 1 amide bonds.